The normalized spacial score (nSPS) is 27.1. The highest BCUT2D eigenvalue weighted by molar-refractivity contribution is 7.10. The molecule has 3 atom stereocenters. The minimum atomic E-state index is -1.19. The third kappa shape index (κ3) is 4.67. The van der Waals surface area contributed by atoms with Gasteiger partial charge in [0.1, 0.15) is 5.82 Å². The molecule has 31 heavy (non-hydrogen) atoms. The summed E-state index contributed by atoms with van der Waals surface area (Å²) in [5.41, 5.74) is -0.869. The topological polar surface area (TPSA) is 69.6 Å². The third-order valence-electron chi connectivity index (χ3n) is 6.65. The molecule has 2 aromatic rings. The van der Waals surface area contributed by atoms with E-state index in [1.165, 1.54) is 42.0 Å². The Morgan fingerprint density at radius 1 is 1.16 bits per heavy atom. The lowest BCUT2D eigenvalue weighted by Gasteiger charge is -2.49. The van der Waals surface area contributed by atoms with Gasteiger partial charge in [-0.1, -0.05) is 25.3 Å². The van der Waals surface area contributed by atoms with Crippen LogP contribution < -0.4 is 5.32 Å². The minimum Gasteiger partial charge on any atom is -0.388 e. The third-order valence-corrected chi connectivity index (χ3v) is 7.59. The van der Waals surface area contributed by atoms with E-state index in [0.717, 1.165) is 30.6 Å². The van der Waals surface area contributed by atoms with Gasteiger partial charge in [0.25, 0.3) is 5.91 Å². The first-order chi connectivity index (χ1) is 14.9. The fourth-order valence-corrected chi connectivity index (χ4v) is 5.70. The number of hydrogen-bond donors (Lipinski definition) is 2. The average molecular weight is 445 g/mol. The van der Waals surface area contributed by atoms with Crippen LogP contribution in [0.3, 0.4) is 0 Å². The number of carbonyl (C=O) groups excluding carboxylic acids is 2. The zero-order valence-electron chi connectivity index (χ0n) is 17.7. The molecular weight excluding hydrogens is 415 g/mol. The Balaban J connectivity index is 1.65. The van der Waals surface area contributed by atoms with E-state index in [1.54, 1.807) is 6.92 Å². The number of rotatable bonds is 4. The van der Waals surface area contributed by atoms with Gasteiger partial charge in [-0.25, -0.2) is 4.39 Å². The number of likely N-dealkylation sites (tertiary alicyclic amines) is 1. The average Bonchev–Trinajstić information content (AvgIpc) is 3.30. The summed E-state index contributed by atoms with van der Waals surface area (Å²) < 4.78 is 13.3. The molecule has 2 amide bonds. The molecule has 2 heterocycles. The second kappa shape index (κ2) is 9.09. The molecule has 0 radical (unpaired) electrons. The van der Waals surface area contributed by atoms with Crippen molar-refractivity contribution < 1.29 is 19.1 Å². The van der Waals surface area contributed by atoms with E-state index in [4.69, 9.17) is 0 Å². The molecule has 1 aromatic carbocycles. The smallest absolute Gasteiger partial charge is 0.251 e. The van der Waals surface area contributed by atoms with Crippen molar-refractivity contribution in [1.82, 2.24) is 10.2 Å². The summed E-state index contributed by atoms with van der Waals surface area (Å²) in [6.45, 7) is 2.17. The maximum atomic E-state index is 13.5. The first kappa shape index (κ1) is 22.0. The Bertz CT molecular complexity index is 907. The summed E-state index contributed by atoms with van der Waals surface area (Å²) in [7, 11) is 0. The maximum absolute atomic E-state index is 13.5. The van der Waals surface area contributed by atoms with Crippen LogP contribution in [0.1, 0.15) is 66.7 Å². The van der Waals surface area contributed by atoms with Crippen molar-refractivity contribution in [3.8, 4) is 0 Å². The van der Waals surface area contributed by atoms with E-state index in [-0.39, 0.29) is 11.8 Å². The molecule has 0 spiro atoms. The van der Waals surface area contributed by atoms with Crippen molar-refractivity contribution in [2.24, 2.45) is 5.92 Å². The monoisotopic (exact) mass is 444 g/mol. The summed E-state index contributed by atoms with van der Waals surface area (Å²) in [4.78, 5) is 29.3. The number of piperidine rings is 1. The van der Waals surface area contributed by atoms with Gasteiger partial charge in [-0.05, 0) is 61.9 Å². The van der Waals surface area contributed by atoms with Gasteiger partial charge < -0.3 is 15.3 Å². The molecule has 2 fully saturated rings. The molecule has 5 nitrogen and oxygen atoms in total. The van der Waals surface area contributed by atoms with Crippen molar-refractivity contribution in [1.29, 1.82) is 0 Å². The second-order valence-corrected chi connectivity index (χ2v) is 9.87. The van der Waals surface area contributed by atoms with Crippen molar-refractivity contribution in [2.75, 3.05) is 6.54 Å². The molecule has 1 aliphatic heterocycles. The molecule has 7 heteroatoms. The van der Waals surface area contributed by atoms with Crippen LogP contribution in [-0.4, -0.2) is 40.0 Å². The minimum absolute atomic E-state index is 0.00714. The molecule has 166 valence electrons. The van der Waals surface area contributed by atoms with Crippen LogP contribution in [0.5, 0.6) is 0 Å². The van der Waals surface area contributed by atoms with Crippen molar-refractivity contribution in [3.05, 3.63) is 58.0 Å². The fraction of sp³-hybridized carbons (Fsp3) is 0.500. The maximum Gasteiger partial charge on any atom is 0.251 e. The molecule has 2 aliphatic rings. The van der Waals surface area contributed by atoms with E-state index < -0.39 is 29.4 Å². The Morgan fingerprint density at radius 3 is 2.52 bits per heavy atom. The molecular formula is C24H29FN2O3S. The Kier molecular flexibility index (Phi) is 6.44. The van der Waals surface area contributed by atoms with Crippen molar-refractivity contribution in [2.45, 2.75) is 63.1 Å². The SMILES string of the molecule is C[C@@]1(O)CCN(C(=O)C2CCCCC2)[C@@H](c2cccs2)[C@@H]1NC(=O)c1ccc(F)cc1. The van der Waals surface area contributed by atoms with Gasteiger partial charge in [0, 0.05) is 22.9 Å². The number of aliphatic hydroxyl groups is 1. The number of carbonyl (C=O) groups is 2. The van der Waals surface area contributed by atoms with Gasteiger partial charge in [0.2, 0.25) is 5.91 Å². The van der Waals surface area contributed by atoms with Gasteiger partial charge in [-0.15, -0.1) is 11.3 Å². The number of nitrogens with one attached hydrogen (secondary N) is 1. The number of amides is 2. The highest BCUT2D eigenvalue weighted by Crippen LogP contribution is 2.41. The highest BCUT2D eigenvalue weighted by atomic mass is 32.1. The number of nitrogens with zero attached hydrogens (tertiary/aromatic N) is 1. The molecule has 1 aromatic heterocycles. The standard InChI is InChI=1S/C24H29FN2O3S/c1-24(30)13-14-27(23(29)17-6-3-2-4-7-17)20(19-8-5-15-31-19)21(24)26-22(28)16-9-11-18(25)12-10-16/h5,8-12,15,17,20-21,30H,2-4,6-7,13-14H2,1H3,(H,26,28)/t20-,21-,24+/m0/s1. The molecule has 2 N–H and O–H groups in total. The second-order valence-electron chi connectivity index (χ2n) is 8.89. The predicted octanol–water partition coefficient (Wildman–Crippen LogP) is 4.29. The molecule has 0 bridgehead atoms. The lowest BCUT2D eigenvalue weighted by atomic mass is 9.80. The van der Waals surface area contributed by atoms with Gasteiger partial charge >= 0.3 is 0 Å². The summed E-state index contributed by atoms with van der Waals surface area (Å²) >= 11 is 1.52. The highest BCUT2D eigenvalue weighted by Gasteiger charge is 2.49. The van der Waals surface area contributed by atoms with Crippen LogP contribution in [0.15, 0.2) is 41.8 Å². The summed E-state index contributed by atoms with van der Waals surface area (Å²) in [6, 6.07) is 8.08. The molecule has 1 aliphatic carbocycles. The zero-order chi connectivity index (χ0) is 22.0. The Labute approximate surface area is 186 Å². The quantitative estimate of drug-likeness (QED) is 0.739. The Hall–Kier alpha value is -2.25. The Morgan fingerprint density at radius 2 is 1.87 bits per heavy atom. The van der Waals surface area contributed by atoms with Gasteiger partial charge in [0.05, 0.1) is 17.7 Å². The lowest BCUT2D eigenvalue weighted by molar-refractivity contribution is -0.147. The van der Waals surface area contributed by atoms with Crippen molar-refractivity contribution in [3.63, 3.8) is 0 Å². The molecule has 1 saturated heterocycles. The predicted molar refractivity (Wildman–Crippen MR) is 118 cm³/mol. The van der Waals surface area contributed by atoms with E-state index >= 15 is 0 Å². The first-order valence-corrected chi connectivity index (χ1v) is 11.9. The van der Waals surface area contributed by atoms with E-state index in [2.05, 4.69) is 5.32 Å². The lowest BCUT2D eigenvalue weighted by Crippen LogP contribution is -2.63. The number of benzene rings is 1. The molecule has 0 unspecified atom stereocenters. The number of halogens is 1. The van der Waals surface area contributed by atoms with Crippen LogP contribution in [0.25, 0.3) is 0 Å². The van der Waals surface area contributed by atoms with Crippen LogP contribution in [0, 0.1) is 11.7 Å². The fourth-order valence-electron chi connectivity index (χ4n) is 4.83. The van der Waals surface area contributed by atoms with E-state index in [1.807, 2.05) is 22.4 Å². The van der Waals surface area contributed by atoms with Crippen LogP contribution in [0.4, 0.5) is 4.39 Å². The molecule has 1 saturated carbocycles. The number of hydrogen-bond acceptors (Lipinski definition) is 4. The largest absolute Gasteiger partial charge is 0.388 e. The summed E-state index contributed by atoms with van der Waals surface area (Å²) in [5, 5.41) is 16.2. The van der Waals surface area contributed by atoms with E-state index in [0.29, 0.717) is 18.5 Å². The first-order valence-electron chi connectivity index (χ1n) is 11.0. The van der Waals surface area contributed by atoms with Crippen LogP contribution in [0.2, 0.25) is 0 Å². The van der Waals surface area contributed by atoms with Crippen LogP contribution in [-0.2, 0) is 4.79 Å². The molecule has 4 rings (SSSR count). The van der Waals surface area contributed by atoms with Crippen molar-refractivity contribution >= 4 is 23.2 Å². The van der Waals surface area contributed by atoms with Gasteiger partial charge in [-0.3, -0.25) is 9.59 Å². The van der Waals surface area contributed by atoms with Gasteiger partial charge in [-0.2, -0.15) is 0 Å². The summed E-state index contributed by atoms with van der Waals surface area (Å²) in [5.74, 6) is -0.678. The zero-order valence-corrected chi connectivity index (χ0v) is 18.5. The van der Waals surface area contributed by atoms with E-state index in [9.17, 15) is 19.1 Å². The van der Waals surface area contributed by atoms with Gasteiger partial charge in [0.15, 0.2) is 0 Å². The summed E-state index contributed by atoms with van der Waals surface area (Å²) in [6.07, 6.45) is 5.47. The number of thiophene rings is 1. The van der Waals surface area contributed by atoms with Crippen LogP contribution >= 0.6 is 11.3 Å².